The normalized spacial score (nSPS) is 10.3. The van der Waals surface area contributed by atoms with Crippen molar-refractivity contribution in [3.05, 3.63) is 59.7 Å². The van der Waals surface area contributed by atoms with E-state index in [0.29, 0.717) is 5.69 Å². The smallest absolute Gasteiger partial charge is 0.185 e. The van der Waals surface area contributed by atoms with Crippen molar-refractivity contribution in [2.24, 2.45) is 0 Å². The zero-order chi connectivity index (χ0) is 14.7. The first-order chi connectivity index (χ1) is 9.47. The Hall–Kier alpha value is -2.43. The van der Waals surface area contributed by atoms with Crippen LogP contribution in [0.4, 0.5) is 14.5 Å². The maximum atomic E-state index is 13.1. The molecule has 20 heavy (non-hydrogen) atoms. The number of phenols is 1. The van der Waals surface area contributed by atoms with Crippen LogP contribution in [0, 0.1) is 11.6 Å². The topological polar surface area (TPSA) is 40.5 Å². The molecule has 0 heterocycles. The number of hydrogen-bond donors (Lipinski definition) is 1. The van der Waals surface area contributed by atoms with Gasteiger partial charge in [-0.15, -0.1) is 0 Å². The van der Waals surface area contributed by atoms with Crippen LogP contribution in [0.1, 0.15) is 10.4 Å². The zero-order valence-corrected chi connectivity index (χ0v) is 10.8. The number of Topliss-reactive ketones (excluding diaryl/α,β-unsaturated/α-hetero) is 1. The monoisotopic (exact) mass is 277 g/mol. The van der Waals surface area contributed by atoms with Crippen molar-refractivity contribution in [1.29, 1.82) is 0 Å². The highest BCUT2D eigenvalue weighted by Gasteiger charge is 2.15. The number of likely N-dealkylation sites (N-methyl/N-ethyl adjacent to an activating group) is 1. The lowest BCUT2D eigenvalue weighted by Crippen LogP contribution is -2.25. The summed E-state index contributed by atoms with van der Waals surface area (Å²) in [5.74, 6) is -1.73. The van der Waals surface area contributed by atoms with E-state index in [2.05, 4.69) is 0 Å². The molecule has 0 spiro atoms. The molecule has 0 amide bonds. The number of carbonyl (C=O) groups excluding carboxylic acids is 1. The minimum Gasteiger partial charge on any atom is -0.507 e. The van der Waals surface area contributed by atoms with E-state index in [9.17, 15) is 18.7 Å². The first-order valence-electron chi connectivity index (χ1n) is 5.96. The minimum absolute atomic E-state index is 0.0896. The Morgan fingerprint density at radius 3 is 2.55 bits per heavy atom. The van der Waals surface area contributed by atoms with Gasteiger partial charge in [0, 0.05) is 12.7 Å². The molecule has 0 aliphatic heterocycles. The molecular weight excluding hydrogens is 264 g/mol. The Balaban J connectivity index is 2.17. The first-order valence-corrected chi connectivity index (χ1v) is 5.96. The fourth-order valence-corrected chi connectivity index (χ4v) is 1.84. The highest BCUT2D eigenvalue weighted by Crippen LogP contribution is 2.20. The molecule has 2 aromatic carbocycles. The van der Waals surface area contributed by atoms with Crippen molar-refractivity contribution in [3.63, 3.8) is 0 Å². The van der Waals surface area contributed by atoms with Crippen LogP contribution >= 0.6 is 0 Å². The van der Waals surface area contributed by atoms with Crippen LogP contribution in [0.15, 0.2) is 42.5 Å². The number of carbonyl (C=O) groups is 1. The van der Waals surface area contributed by atoms with E-state index in [1.165, 1.54) is 23.1 Å². The van der Waals surface area contributed by atoms with Crippen LogP contribution in [0.5, 0.6) is 5.75 Å². The molecule has 0 saturated heterocycles. The standard InChI is InChI=1S/C15H13F2NO2/c1-18(12-4-2-3-10(16)7-12)9-15(20)13-8-11(17)5-6-14(13)19/h2-8,19H,9H2,1H3. The lowest BCUT2D eigenvalue weighted by Gasteiger charge is -2.18. The number of ketones is 1. The molecule has 0 fully saturated rings. The van der Waals surface area contributed by atoms with E-state index in [-0.39, 0.29) is 17.9 Å². The summed E-state index contributed by atoms with van der Waals surface area (Å²) in [7, 11) is 1.61. The van der Waals surface area contributed by atoms with E-state index < -0.39 is 17.4 Å². The Labute approximate surface area is 115 Å². The number of halogens is 2. The summed E-state index contributed by atoms with van der Waals surface area (Å²) in [5, 5.41) is 9.57. The Morgan fingerprint density at radius 1 is 1.15 bits per heavy atom. The van der Waals surface area contributed by atoms with Gasteiger partial charge in [0.2, 0.25) is 0 Å². The molecule has 1 N–H and O–H groups in total. The number of benzene rings is 2. The molecule has 104 valence electrons. The first kappa shape index (κ1) is 14.0. The van der Waals surface area contributed by atoms with Crippen LogP contribution in [0.2, 0.25) is 0 Å². The number of nitrogens with zero attached hydrogens (tertiary/aromatic N) is 1. The van der Waals surface area contributed by atoms with Crippen LogP contribution in [0.3, 0.4) is 0 Å². The van der Waals surface area contributed by atoms with Gasteiger partial charge in [0.15, 0.2) is 5.78 Å². The van der Waals surface area contributed by atoms with E-state index in [4.69, 9.17) is 0 Å². The zero-order valence-electron chi connectivity index (χ0n) is 10.8. The van der Waals surface area contributed by atoms with Gasteiger partial charge in [0.25, 0.3) is 0 Å². The summed E-state index contributed by atoms with van der Waals surface area (Å²) >= 11 is 0. The maximum absolute atomic E-state index is 13.1. The van der Waals surface area contributed by atoms with Gasteiger partial charge in [-0.05, 0) is 36.4 Å². The van der Waals surface area contributed by atoms with E-state index >= 15 is 0 Å². The Morgan fingerprint density at radius 2 is 1.85 bits per heavy atom. The van der Waals surface area contributed by atoms with Gasteiger partial charge in [-0.25, -0.2) is 8.78 Å². The number of hydrogen-bond acceptors (Lipinski definition) is 3. The fraction of sp³-hybridized carbons (Fsp3) is 0.133. The number of anilines is 1. The summed E-state index contributed by atoms with van der Waals surface area (Å²) in [6.07, 6.45) is 0. The number of rotatable bonds is 4. The average Bonchev–Trinajstić information content (AvgIpc) is 2.41. The van der Waals surface area contributed by atoms with Crippen LogP contribution in [0.25, 0.3) is 0 Å². The second kappa shape index (κ2) is 5.69. The lowest BCUT2D eigenvalue weighted by atomic mass is 10.1. The molecule has 0 saturated carbocycles. The lowest BCUT2D eigenvalue weighted by molar-refractivity contribution is 0.0997. The predicted molar refractivity (Wildman–Crippen MR) is 72.1 cm³/mol. The van der Waals surface area contributed by atoms with Crippen molar-refractivity contribution in [3.8, 4) is 5.75 Å². The third-order valence-corrected chi connectivity index (χ3v) is 2.89. The molecule has 0 aromatic heterocycles. The van der Waals surface area contributed by atoms with Crippen molar-refractivity contribution in [1.82, 2.24) is 0 Å². The highest BCUT2D eigenvalue weighted by molar-refractivity contribution is 6.01. The Kier molecular flexibility index (Phi) is 3.98. The summed E-state index contributed by atoms with van der Waals surface area (Å²) in [5.41, 5.74) is 0.433. The van der Waals surface area contributed by atoms with Crippen molar-refractivity contribution >= 4 is 11.5 Å². The third-order valence-electron chi connectivity index (χ3n) is 2.89. The molecule has 3 nitrogen and oxygen atoms in total. The largest absolute Gasteiger partial charge is 0.507 e. The van der Waals surface area contributed by atoms with Crippen LogP contribution in [-0.4, -0.2) is 24.5 Å². The Bertz CT molecular complexity index is 644. The molecule has 0 bridgehead atoms. The van der Waals surface area contributed by atoms with E-state index in [1.807, 2.05) is 0 Å². The minimum atomic E-state index is -0.598. The summed E-state index contributed by atoms with van der Waals surface area (Å²) in [4.78, 5) is 13.5. The SMILES string of the molecule is CN(CC(=O)c1cc(F)ccc1O)c1cccc(F)c1. The van der Waals surface area contributed by atoms with Crippen molar-refractivity contribution in [2.75, 3.05) is 18.5 Å². The van der Waals surface area contributed by atoms with E-state index in [0.717, 1.165) is 18.2 Å². The number of phenolic OH excluding ortho intramolecular Hbond substituents is 1. The number of aromatic hydroxyl groups is 1. The quantitative estimate of drug-likeness (QED) is 0.873. The van der Waals surface area contributed by atoms with Crippen LogP contribution in [-0.2, 0) is 0 Å². The molecule has 0 unspecified atom stereocenters. The molecular formula is C15H13F2NO2. The average molecular weight is 277 g/mol. The predicted octanol–water partition coefficient (Wildman–Crippen LogP) is 2.99. The molecule has 0 radical (unpaired) electrons. The van der Waals surface area contributed by atoms with Crippen LogP contribution < -0.4 is 4.90 Å². The van der Waals surface area contributed by atoms with Gasteiger partial charge in [0.1, 0.15) is 17.4 Å². The maximum Gasteiger partial charge on any atom is 0.185 e. The van der Waals surface area contributed by atoms with Gasteiger partial charge in [-0.2, -0.15) is 0 Å². The second-order valence-corrected chi connectivity index (χ2v) is 4.42. The van der Waals surface area contributed by atoms with Gasteiger partial charge in [-0.1, -0.05) is 6.07 Å². The second-order valence-electron chi connectivity index (χ2n) is 4.42. The van der Waals surface area contributed by atoms with Crippen molar-refractivity contribution in [2.45, 2.75) is 0 Å². The molecule has 0 aliphatic carbocycles. The highest BCUT2D eigenvalue weighted by atomic mass is 19.1. The van der Waals surface area contributed by atoms with Gasteiger partial charge in [0.05, 0.1) is 12.1 Å². The van der Waals surface area contributed by atoms with Crippen molar-refractivity contribution < 1.29 is 18.7 Å². The summed E-state index contributed by atoms with van der Waals surface area (Å²) < 4.78 is 26.2. The van der Waals surface area contributed by atoms with Gasteiger partial charge in [-0.3, -0.25) is 4.79 Å². The summed E-state index contributed by atoms with van der Waals surface area (Å²) in [6.45, 7) is -0.0968. The molecule has 5 heteroatoms. The molecule has 0 atom stereocenters. The molecule has 2 aromatic rings. The summed E-state index contributed by atoms with van der Waals surface area (Å²) in [6, 6.07) is 8.97. The molecule has 2 rings (SSSR count). The fourth-order valence-electron chi connectivity index (χ4n) is 1.84. The van der Waals surface area contributed by atoms with Gasteiger partial charge < -0.3 is 10.0 Å². The molecule has 0 aliphatic rings. The van der Waals surface area contributed by atoms with E-state index in [1.54, 1.807) is 13.1 Å². The van der Waals surface area contributed by atoms with Gasteiger partial charge >= 0.3 is 0 Å². The third kappa shape index (κ3) is 3.12.